The monoisotopic (exact) mass is 308 g/mol. The van der Waals surface area contributed by atoms with Crippen molar-refractivity contribution in [3.63, 3.8) is 0 Å². The number of carbonyl (C=O) groups excluding carboxylic acids is 2. The molecule has 4 heteroatoms. The molecule has 1 aliphatic rings. The van der Waals surface area contributed by atoms with Gasteiger partial charge in [0.25, 0.3) is 0 Å². The summed E-state index contributed by atoms with van der Waals surface area (Å²) in [5.74, 6) is -0.398. The van der Waals surface area contributed by atoms with E-state index in [0.717, 1.165) is 23.4 Å². The lowest BCUT2D eigenvalue weighted by molar-refractivity contribution is -0.122. The van der Waals surface area contributed by atoms with Crippen LogP contribution in [0.2, 0.25) is 0 Å². The lowest BCUT2D eigenvalue weighted by Crippen LogP contribution is -2.28. The number of nitrogens with one attached hydrogen (secondary N) is 1. The van der Waals surface area contributed by atoms with Crippen molar-refractivity contribution in [3.8, 4) is 0 Å². The van der Waals surface area contributed by atoms with Gasteiger partial charge in [0.15, 0.2) is 0 Å². The number of carbonyl (C=O) groups is 2. The molecular formula is C19H20N2O2. The van der Waals surface area contributed by atoms with Gasteiger partial charge in [0, 0.05) is 24.3 Å². The van der Waals surface area contributed by atoms with Crippen LogP contribution in [-0.4, -0.2) is 18.4 Å². The van der Waals surface area contributed by atoms with Gasteiger partial charge in [-0.3, -0.25) is 9.59 Å². The average molecular weight is 308 g/mol. The molecular weight excluding hydrogens is 288 g/mol. The SMILES string of the molecule is CCc1ccccc1NC(=O)[C@@H]1CC(=O)N(c2ccccc2)C1. The van der Waals surface area contributed by atoms with E-state index in [4.69, 9.17) is 0 Å². The van der Waals surface area contributed by atoms with Crippen LogP contribution in [0, 0.1) is 5.92 Å². The molecule has 0 saturated carbocycles. The summed E-state index contributed by atoms with van der Waals surface area (Å²) in [7, 11) is 0. The molecule has 0 spiro atoms. The third kappa shape index (κ3) is 3.26. The molecule has 0 unspecified atom stereocenters. The van der Waals surface area contributed by atoms with Gasteiger partial charge >= 0.3 is 0 Å². The van der Waals surface area contributed by atoms with Crippen LogP contribution in [0.1, 0.15) is 18.9 Å². The number of nitrogens with zero attached hydrogens (tertiary/aromatic N) is 1. The number of aryl methyl sites for hydroxylation is 1. The van der Waals surface area contributed by atoms with Crippen molar-refractivity contribution in [3.05, 3.63) is 60.2 Å². The van der Waals surface area contributed by atoms with Gasteiger partial charge in [-0.2, -0.15) is 0 Å². The Morgan fingerprint density at radius 2 is 1.83 bits per heavy atom. The summed E-state index contributed by atoms with van der Waals surface area (Å²) in [4.78, 5) is 26.4. The number of amides is 2. The lowest BCUT2D eigenvalue weighted by atomic mass is 10.1. The molecule has 0 aliphatic carbocycles. The van der Waals surface area contributed by atoms with Crippen LogP contribution < -0.4 is 10.2 Å². The third-order valence-corrected chi connectivity index (χ3v) is 4.22. The van der Waals surface area contributed by atoms with E-state index in [1.165, 1.54) is 0 Å². The van der Waals surface area contributed by atoms with Gasteiger partial charge < -0.3 is 10.2 Å². The Kier molecular flexibility index (Phi) is 4.42. The molecule has 1 atom stereocenters. The van der Waals surface area contributed by atoms with E-state index in [1.54, 1.807) is 4.90 Å². The summed E-state index contributed by atoms with van der Waals surface area (Å²) >= 11 is 0. The van der Waals surface area contributed by atoms with Crippen molar-refractivity contribution in [2.24, 2.45) is 5.92 Å². The third-order valence-electron chi connectivity index (χ3n) is 4.22. The minimum atomic E-state index is -0.312. The van der Waals surface area contributed by atoms with Crippen molar-refractivity contribution in [2.45, 2.75) is 19.8 Å². The van der Waals surface area contributed by atoms with E-state index < -0.39 is 0 Å². The zero-order valence-corrected chi connectivity index (χ0v) is 13.2. The smallest absolute Gasteiger partial charge is 0.229 e. The van der Waals surface area contributed by atoms with E-state index in [-0.39, 0.29) is 24.2 Å². The molecule has 1 heterocycles. The topological polar surface area (TPSA) is 49.4 Å². The molecule has 23 heavy (non-hydrogen) atoms. The van der Waals surface area contributed by atoms with Gasteiger partial charge in [0.1, 0.15) is 0 Å². The second-order valence-electron chi connectivity index (χ2n) is 5.74. The van der Waals surface area contributed by atoms with Crippen LogP contribution in [0.5, 0.6) is 0 Å². The molecule has 2 amide bonds. The molecule has 4 nitrogen and oxygen atoms in total. The number of anilines is 2. The highest BCUT2D eigenvalue weighted by molar-refractivity contribution is 6.03. The minimum Gasteiger partial charge on any atom is -0.326 e. The predicted octanol–water partition coefficient (Wildman–Crippen LogP) is 3.24. The molecule has 1 fully saturated rings. The number of para-hydroxylation sites is 2. The fourth-order valence-corrected chi connectivity index (χ4v) is 2.93. The highest BCUT2D eigenvalue weighted by Crippen LogP contribution is 2.26. The molecule has 0 bridgehead atoms. The van der Waals surface area contributed by atoms with Gasteiger partial charge in [0.2, 0.25) is 11.8 Å². The summed E-state index contributed by atoms with van der Waals surface area (Å²) in [6.45, 7) is 2.49. The molecule has 1 aliphatic heterocycles. The van der Waals surface area contributed by atoms with Crippen LogP contribution in [0.15, 0.2) is 54.6 Å². The number of hydrogen-bond acceptors (Lipinski definition) is 2. The fourth-order valence-electron chi connectivity index (χ4n) is 2.93. The normalized spacial score (nSPS) is 17.3. The Morgan fingerprint density at radius 1 is 1.13 bits per heavy atom. The first-order valence-corrected chi connectivity index (χ1v) is 7.93. The molecule has 2 aromatic rings. The van der Waals surface area contributed by atoms with Crippen molar-refractivity contribution >= 4 is 23.2 Å². The molecule has 0 radical (unpaired) electrons. The minimum absolute atomic E-state index is 0.000117. The maximum Gasteiger partial charge on any atom is 0.229 e. The van der Waals surface area contributed by atoms with Gasteiger partial charge in [-0.05, 0) is 30.2 Å². The quantitative estimate of drug-likeness (QED) is 0.942. The predicted molar refractivity (Wildman–Crippen MR) is 91.4 cm³/mol. The van der Waals surface area contributed by atoms with E-state index >= 15 is 0 Å². The molecule has 1 N–H and O–H groups in total. The summed E-state index contributed by atoms with van der Waals surface area (Å²) in [5, 5.41) is 2.98. The fraction of sp³-hybridized carbons (Fsp3) is 0.263. The maximum absolute atomic E-state index is 12.5. The van der Waals surface area contributed by atoms with E-state index in [2.05, 4.69) is 12.2 Å². The molecule has 118 valence electrons. The zero-order valence-electron chi connectivity index (χ0n) is 13.2. The van der Waals surface area contributed by atoms with Gasteiger partial charge in [-0.25, -0.2) is 0 Å². The Labute approximate surface area is 136 Å². The summed E-state index contributed by atoms with van der Waals surface area (Å²) in [5.41, 5.74) is 2.79. The largest absolute Gasteiger partial charge is 0.326 e. The van der Waals surface area contributed by atoms with Crippen LogP contribution >= 0.6 is 0 Å². The van der Waals surface area contributed by atoms with Crippen molar-refractivity contribution in [1.82, 2.24) is 0 Å². The maximum atomic E-state index is 12.5. The molecule has 0 aromatic heterocycles. The summed E-state index contributed by atoms with van der Waals surface area (Å²) in [6, 6.07) is 17.3. The lowest BCUT2D eigenvalue weighted by Gasteiger charge is -2.17. The number of hydrogen-bond donors (Lipinski definition) is 1. The van der Waals surface area contributed by atoms with Crippen molar-refractivity contribution in [2.75, 3.05) is 16.8 Å². The summed E-state index contributed by atoms with van der Waals surface area (Å²) in [6.07, 6.45) is 1.12. The molecule has 3 rings (SSSR count). The summed E-state index contributed by atoms with van der Waals surface area (Å²) < 4.78 is 0. The van der Waals surface area contributed by atoms with Crippen LogP contribution in [-0.2, 0) is 16.0 Å². The van der Waals surface area contributed by atoms with Gasteiger partial charge in [-0.15, -0.1) is 0 Å². The first-order chi connectivity index (χ1) is 11.2. The van der Waals surface area contributed by atoms with Crippen molar-refractivity contribution < 1.29 is 9.59 Å². The standard InChI is InChI=1S/C19H20N2O2/c1-2-14-8-6-7-11-17(14)20-19(23)15-12-18(22)21(13-15)16-9-4-3-5-10-16/h3-11,15H,2,12-13H2,1H3,(H,20,23)/t15-/m1/s1. The second-order valence-corrected chi connectivity index (χ2v) is 5.74. The van der Waals surface area contributed by atoms with Crippen LogP contribution in [0.3, 0.4) is 0 Å². The van der Waals surface area contributed by atoms with Crippen LogP contribution in [0.25, 0.3) is 0 Å². The van der Waals surface area contributed by atoms with Gasteiger partial charge in [0.05, 0.1) is 5.92 Å². The first-order valence-electron chi connectivity index (χ1n) is 7.93. The zero-order chi connectivity index (χ0) is 16.2. The Hall–Kier alpha value is -2.62. The average Bonchev–Trinajstić information content (AvgIpc) is 2.98. The highest BCUT2D eigenvalue weighted by atomic mass is 16.2. The van der Waals surface area contributed by atoms with Crippen LogP contribution in [0.4, 0.5) is 11.4 Å². The van der Waals surface area contributed by atoms with E-state index in [9.17, 15) is 9.59 Å². The molecule has 2 aromatic carbocycles. The van der Waals surface area contributed by atoms with E-state index in [1.807, 2.05) is 54.6 Å². The number of rotatable bonds is 4. The van der Waals surface area contributed by atoms with Crippen molar-refractivity contribution in [1.29, 1.82) is 0 Å². The second kappa shape index (κ2) is 6.65. The number of benzene rings is 2. The first kappa shape index (κ1) is 15.3. The van der Waals surface area contributed by atoms with E-state index in [0.29, 0.717) is 6.54 Å². The Morgan fingerprint density at radius 3 is 2.57 bits per heavy atom. The van der Waals surface area contributed by atoms with Gasteiger partial charge in [-0.1, -0.05) is 43.3 Å². The Balaban J connectivity index is 1.71. The Bertz CT molecular complexity index is 712. The molecule has 1 saturated heterocycles. The highest BCUT2D eigenvalue weighted by Gasteiger charge is 2.35.